The van der Waals surface area contributed by atoms with Gasteiger partial charge in [-0.1, -0.05) is 0 Å². The molecule has 6 nitrogen and oxygen atoms in total. The minimum atomic E-state index is -1.03. The first-order valence-electron chi connectivity index (χ1n) is 9.82. The van der Waals surface area contributed by atoms with Crippen LogP contribution in [0.1, 0.15) is 45.4 Å². The Bertz CT molecular complexity index is 532. The number of piperazine rings is 1. The summed E-state index contributed by atoms with van der Waals surface area (Å²) >= 11 is 5.88. The van der Waals surface area contributed by atoms with Gasteiger partial charge in [-0.05, 0) is 39.0 Å². The summed E-state index contributed by atoms with van der Waals surface area (Å²) in [6.07, 6.45) is 3.61. The lowest BCUT2D eigenvalue weighted by molar-refractivity contribution is -0.150. The number of nitrogens with one attached hydrogen (secondary N) is 4. The predicted molar refractivity (Wildman–Crippen MR) is 98.0 cm³/mol. The summed E-state index contributed by atoms with van der Waals surface area (Å²) in [5, 5.41) is 13.4. The van der Waals surface area contributed by atoms with Gasteiger partial charge in [0, 0.05) is 36.6 Å². The molecule has 0 aromatic carbocycles. The van der Waals surface area contributed by atoms with E-state index in [0.717, 1.165) is 38.8 Å². The van der Waals surface area contributed by atoms with Gasteiger partial charge in [0.15, 0.2) is 0 Å². The molecule has 2 bridgehead atoms. The first-order valence-corrected chi connectivity index (χ1v) is 10.3. The molecule has 1 amide bonds. The van der Waals surface area contributed by atoms with Crippen LogP contribution in [0.15, 0.2) is 0 Å². The monoisotopic (exact) mass is 388 g/mol. The molecule has 1 saturated heterocycles. The van der Waals surface area contributed by atoms with Crippen molar-refractivity contribution in [2.45, 2.75) is 86.4 Å². The van der Waals surface area contributed by atoms with Crippen molar-refractivity contribution in [3.63, 3.8) is 0 Å². The summed E-state index contributed by atoms with van der Waals surface area (Å²) in [5.74, 6) is -0.0900. The van der Waals surface area contributed by atoms with Crippen LogP contribution in [0, 0.1) is 0 Å². The van der Waals surface area contributed by atoms with Crippen molar-refractivity contribution in [2.24, 2.45) is 0 Å². The third-order valence-corrected chi connectivity index (χ3v) is 6.79. The Morgan fingerprint density at radius 3 is 2.73 bits per heavy atom. The maximum absolute atomic E-state index is 13.6. The molecule has 148 valence electrons. The smallest absolute Gasteiger partial charge is 0.246 e. The summed E-state index contributed by atoms with van der Waals surface area (Å²) in [4.78, 5) is 12.2. The van der Waals surface area contributed by atoms with Crippen molar-refractivity contribution in [3.8, 4) is 0 Å². The predicted octanol–water partition coefficient (Wildman–Crippen LogP) is 0.789. The van der Waals surface area contributed by atoms with Crippen LogP contribution in [0.25, 0.3) is 0 Å². The van der Waals surface area contributed by atoms with Gasteiger partial charge >= 0.3 is 0 Å². The number of hydrogen-bond acceptors (Lipinski definition) is 5. The summed E-state index contributed by atoms with van der Waals surface area (Å²) in [7, 11) is 0. The van der Waals surface area contributed by atoms with Gasteiger partial charge in [0.2, 0.25) is 5.91 Å². The van der Waals surface area contributed by atoms with E-state index in [1.807, 2.05) is 0 Å². The number of alkyl halides is 2. The summed E-state index contributed by atoms with van der Waals surface area (Å²) in [5.41, 5.74) is 0.113. The highest BCUT2D eigenvalue weighted by Gasteiger charge is 2.68. The van der Waals surface area contributed by atoms with E-state index in [-0.39, 0.29) is 29.7 Å². The number of halogens is 2. The Balaban J connectivity index is 1.15. The Labute approximate surface area is 159 Å². The Kier molecular flexibility index (Phi) is 5.20. The maximum Gasteiger partial charge on any atom is 0.246 e. The second-order valence-corrected chi connectivity index (χ2v) is 9.40. The standard InChI is InChI=1S/C18H30ClFN4O2/c1-11-5-21-6-15(22-11)23-17-8-18(9-17,10-17)24-16(25)7-26-12-2-3-13(19)14(20)4-12/h11-15,21-23H,2-10H2,1H3,(H,24,25). The van der Waals surface area contributed by atoms with Gasteiger partial charge in [0.1, 0.15) is 12.8 Å². The Morgan fingerprint density at radius 1 is 1.27 bits per heavy atom. The van der Waals surface area contributed by atoms with Crippen LogP contribution in [0.4, 0.5) is 4.39 Å². The van der Waals surface area contributed by atoms with Gasteiger partial charge in [-0.25, -0.2) is 4.39 Å². The Morgan fingerprint density at radius 2 is 2.04 bits per heavy atom. The minimum absolute atomic E-state index is 0.0120. The zero-order chi connectivity index (χ0) is 18.4. The molecule has 4 saturated carbocycles. The minimum Gasteiger partial charge on any atom is -0.368 e. The number of ether oxygens (including phenoxy) is 1. The fourth-order valence-corrected chi connectivity index (χ4v) is 5.39. The quantitative estimate of drug-likeness (QED) is 0.506. The molecule has 5 atom stereocenters. The van der Waals surface area contributed by atoms with E-state index in [0.29, 0.717) is 25.0 Å². The van der Waals surface area contributed by atoms with Crippen LogP contribution in [0.5, 0.6) is 0 Å². The third-order valence-electron chi connectivity index (χ3n) is 6.30. The topological polar surface area (TPSA) is 74.4 Å². The summed E-state index contributed by atoms with van der Waals surface area (Å²) in [6, 6.07) is 0.470. The van der Waals surface area contributed by atoms with Gasteiger partial charge in [0.05, 0.1) is 17.6 Å². The van der Waals surface area contributed by atoms with Gasteiger partial charge in [-0.15, -0.1) is 11.6 Å². The van der Waals surface area contributed by atoms with Crippen LogP contribution in [-0.2, 0) is 9.53 Å². The fraction of sp³-hybridized carbons (Fsp3) is 0.944. The number of amides is 1. The zero-order valence-electron chi connectivity index (χ0n) is 15.3. The van der Waals surface area contributed by atoms with E-state index in [4.69, 9.17) is 16.3 Å². The molecule has 0 aromatic rings. The largest absolute Gasteiger partial charge is 0.368 e. The van der Waals surface area contributed by atoms with E-state index >= 15 is 0 Å². The second-order valence-electron chi connectivity index (χ2n) is 8.84. The van der Waals surface area contributed by atoms with Gasteiger partial charge in [0.25, 0.3) is 0 Å². The molecule has 0 spiro atoms. The lowest BCUT2D eigenvalue weighted by Gasteiger charge is -2.71. The van der Waals surface area contributed by atoms with Crippen molar-refractivity contribution in [1.29, 1.82) is 0 Å². The van der Waals surface area contributed by atoms with Gasteiger partial charge < -0.3 is 15.4 Å². The average Bonchev–Trinajstić information content (AvgIpc) is 2.53. The normalized spacial score (nSPS) is 47.6. The molecule has 1 heterocycles. The van der Waals surface area contributed by atoms with Crippen molar-refractivity contribution in [2.75, 3.05) is 19.7 Å². The van der Waals surface area contributed by atoms with Crippen LogP contribution in [-0.4, -0.2) is 66.5 Å². The average molecular weight is 389 g/mol. The molecule has 0 aromatic heterocycles. The van der Waals surface area contributed by atoms with Gasteiger partial charge in [-0.2, -0.15) is 0 Å². The highest BCUT2D eigenvalue weighted by atomic mass is 35.5. The van der Waals surface area contributed by atoms with Crippen molar-refractivity contribution in [3.05, 3.63) is 0 Å². The molecule has 26 heavy (non-hydrogen) atoms. The molecule has 1 aliphatic heterocycles. The molecule has 0 radical (unpaired) electrons. The lowest BCUT2D eigenvalue weighted by atomic mass is 9.44. The van der Waals surface area contributed by atoms with Crippen LogP contribution < -0.4 is 21.3 Å². The molecule has 5 rings (SSSR count). The number of carbonyl (C=O) groups excluding carboxylic acids is 1. The first kappa shape index (κ1) is 18.9. The van der Waals surface area contributed by atoms with Crippen LogP contribution >= 0.6 is 11.6 Å². The lowest BCUT2D eigenvalue weighted by Crippen LogP contribution is -2.85. The number of carbonyl (C=O) groups is 1. The van der Waals surface area contributed by atoms with E-state index < -0.39 is 11.5 Å². The summed E-state index contributed by atoms with van der Waals surface area (Å²) in [6.45, 7) is 4.12. The highest BCUT2D eigenvalue weighted by Crippen LogP contribution is 2.60. The maximum atomic E-state index is 13.6. The molecule has 8 heteroatoms. The Hall–Kier alpha value is -0.470. The summed E-state index contributed by atoms with van der Waals surface area (Å²) < 4.78 is 19.2. The SMILES string of the molecule is CC1CNCC(NC23CC(NC(=O)COC4CCC(Cl)C(F)C4)(C2)C3)N1. The zero-order valence-corrected chi connectivity index (χ0v) is 16.1. The molecule has 5 aliphatic rings. The first-order chi connectivity index (χ1) is 12.4. The van der Waals surface area contributed by atoms with Crippen LogP contribution in [0.2, 0.25) is 0 Å². The van der Waals surface area contributed by atoms with Crippen molar-refractivity contribution in [1.82, 2.24) is 21.3 Å². The highest BCUT2D eigenvalue weighted by molar-refractivity contribution is 6.21. The van der Waals surface area contributed by atoms with Crippen molar-refractivity contribution >= 4 is 17.5 Å². The molecular weight excluding hydrogens is 359 g/mol. The molecule has 4 aliphatic carbocycles. The van der Waals surface area contributed by atoms with Gasteiger partial charge in [-0.3, -0.25) is 15.4 Å². The van der Waals surface area contributed by atoms with Crippen molar-refractivity contribution < 1.29 is 13.9 Å². The van der Waals surface area contributed by atoms with E-state index in [9.17, 15) is 9.18 Å². The van der Waals surface area contributed by atoms with E-state index in [2.05, 4.69) is 28.2 Å². The van der Waals surface area contributed by atoms with Crippen LogP contribution in [0.3, 0.4) is 0 Å². The molecule has 5 fully saturated rings. The van der Waals surface area contributed by atoms with E-state index in [1.165, 1.54) is 0 Å². The molecule has 4 N–H and O–H groups in total. The van der Waals surface area contributed by atoms with E-state index in [1.54, 1.807) is 0 Å². The number of rotatable bonds is 6. The molecular formula is C18H30ClFN4O2. The third kappa shape index (κ3) is 3.87. The molecule has 5 unspecified atom stereocenters. The second kappa shape index (κ2) is 7.17. The number of hydrogen-bond donors (Lipinski definition) is 4. The fourth-order valence-electron chi connectivity index (χ4n) is 5.16.